The van der Waals surface area contributed by atoms with E-state index in [1.807, 2.05) is 80.6 Å². The van der Waals surface area contributed by atoms with Crippen LogP contribution in [0, 0.1) is 6.92 Å². The van der Waals surface area contributed by atoms with E-state index in [0.717, 1.165) is 27.6 Å². The average Bonchev–Trinajstić information content (AvgIpc) is 2.81. The number of carbonyl (C=O) groups is 2. The number of nitrogens with zero attached hydrogens (tertiary/aromatic N) is 1. The second-order valence-corrected chi connectivity index (χ2v) is 7.78. The van der Waals surface area contributed by atoms with Crippen molar-refractivity contribution in [1.29, 1.82) is 0 Å². The Morgan fingerprint density at radius 3 is 2.25 bits per heavy atom. The first kappa shape index (κ1) is 21.3. The lowest BCUT2D eigenvalue weighted by molar-refractivity contribution is -0.115. The second-order valence-electron chi connectivity index (χ2n) is 7.78. The summed E-state index contributed by atoms with van der Waals surface area (Å²) in [4.78, 5) is 27.5. The highest BCUT2D eigenvalue weighted by Crippen LogP contribution is 2.28. The highest BCUT2D eigenvalue weighted by molar-refractivity contribution is 6.11. The molecule has 4 nitrogen and oxygen atoms in total. The molecular weight excluding hydrogens is 396 g/mol. The third-order valence-corrected chi connectivity index (χ3v) is 5.65. The monoisotopic (exact) mass is 422 g/mol. The molecule has 0 atom stereocenters. The number of aryl methyl sites for hydroxylation is 1. The molecule has 2 amide bonds. The van der Waals surface area contributed by atoms with Crippen molar-refractivity contribution in [3.63, 3.8) is 0 Å². The van der Waals surface area contributed by atoms with Gasteiger partial charge in [-0.15, -0.1) is 0 Å². The molecule has 4 aromatic rings. The number of nitrogens with one attached hydrogen (secondary N) is 1. The molecule has 160 valence electrons. The molecule has 0 fully saturated rings. The van der Waals surface area contributed by atoms with Gasteiger partial charge >= 0.3 is 0 Å². The van der Waals surface area contributed by atoms with Crippen LogP contribution in [0.4, 0.5) is 11.4 Å². The third kappa shape index (κ3) is 4.54. The number of carbonyl (C=O) groups excluding carboxylic acids is 2. The highest BCUT2D eigenvalue weighted by Gasteiger charge is 2.18. The van der Waals surface area contributed by atoms with Crippen molar-refractivity contribution in [3.8, 4) is 0 Å². The van der Waals surface area contributed by atoms with Crippen LogP contribution in [0.3, 0.4) is 0 Å². The van der Waals surface area contributed by atoms with E-state index in [9.17, 15) is 9.59 Å². The molecule has 0 saturated carbocycles. The van der Waals surface area contributed by atoms with Gasteiger partial charge in [-0.3, -0.25) is 9.59 Å². The maximum absolute atomic E-state index is 13.3. The van der Waals surface area contributed by atoms with Crippen molar-refractivity contribution in [2.24, 2.45) is 0 Å². The normalized spacial score (nSPS) is 10.7. The van der Waals surface area contributed by atoms with Crippen molar-refractivity contribution < 1.29 is 9.59 Å². The summed E-state index contributed by atoms with van der Waals surface area (Å²) in [5.74, 6) is -0.147. The molecule has 0 radical (unpaired) electrons. The second kappa shape index (κ2) is 9.48. The molecule has 0 bridgehead atoms. The smallest absolute Gasteiger partial charge is 0.258 e. The van der Waals surface area contributed by atoms with Crippen LogP contribution in [0.1, 0.15) is 28.4 Å². The first-order valence-corrected chi connectivity index (χ1v) is 10.8. The number of hydrogen-bond acceptors (Lipinski definition) is 2. The van der Waals surface area contributed by atoms with E-state index in [4.69, 9.17) is 0 Å². The van der Waals surface area contributed by atoms with Crippen LogP contribution in [0.2, 0.25) is 0 Å². The summed E-state index contributed by atoms with van der Waals surface area (Å²) in [5.41, 5.74) is 4.25. The zero-order valence-electron chi connectivity index (χ0n) is 18.3. The first-order chi connectivity index (χ1) is 15.6. The first-order valence-electron chi connectivity index (χ1n) is 10.8. The lowest BCUT2D eigenvalue weighted by Crippen LogP contribution is -2.30. The third-order valence-electron chi connectivity index (χ3n) is 5.65. The highest BCUT2D eigenvalue weighted by atomic mass is 16.2. The standard InChI is InChI=1S/C28H26N2O2/c1-3-30(26-14-8-12-21-10-6-7-13-25(21)26)28(32)22-15-17-24(18-16-22)29-27(31)19-23-11-5-4-9-20(23)2/h4-18H,3,19H2,1-2H3,(H,29,31). The van der Waals surface area contributed by atoms with E-state index in [-0.39, 0.29) is 11.8 Å². The molecule has 0 aliphatic rings. The molecule has 0 saturated heterocycles. The minimum absolute atomic E-state index is 0.0679. The molecule has 4 aromatic carbocycles. The Balaban J connectivity index is 1.49. The Labute approximate surface area is 188 Å². The predicted octanol–water partition coefficient (Wildman–Crippen LogP) is 6.00. The van der Waals surface area contributed by atoms with Crippen LogP contribution in [-0.2, 0) is 11.2 Å². The Morgan fingerprint density at radius 1 is 0.812 bits per heavy atom. The maximum atomic E-state index is 13.3. The van der Waals surface area contributed by atoms with Crippen LogP contribution < -0.4 is 10.2 Å². The number of rotatable bonds is 6. The van der Waals surface area contributed by atoms with Gasteiger partial charge < -0.3 is 10.2 Å². The van der Waals surface area contributed by atoms with Crippen molar-refractivity contribution in [3.05, 3.63) is 108 Å². The van der Waals surface area contributed by atoms with Crippen LogP contribution >= 0.6 is 0 Å². The minimum Gasteiger partial charge on any atom is -0.326 e. The van der Waals surface area contributed by atoms with E-state index in [1.54, 1.807) is 29.2 Å². The lowest BCUT2D eigenvalue weighted by Gasteiger charge is -2.23. The van der Waals surface area contributed by atoms with Crippen LogP contribution in [0.25, 0.3) is 10.8 Å². The van der Waals surface area contributed by atoms with Crippen LogP contribution in [0.5, 0.6) is 0 Å². The van der Waals surface area contributed by atoms with E-state index in [1.165, 1.54) is 0 Å². The largest absolute Gasteiger partial charge is 0.326 e. The number of hydrogen-bond donors (Lipinski definition) is 1. The summed E-state index contributed by atoms with van der Waals surface area (Å²) in [6.45, 7) is 4.53. The molecule has 0 aliphatic carbocycles. The van der Waals surface area contributed by atoms with Crippen molar-refractivity contribution in [1.82, 2.24) is 0 Å². The molecule has 0 unspecified atom stereocenters. The maximum Gasteiger partial charge on any atom is 0.258 e. The number of amides is 2. The number of benzene rings is 4. The summed E-state index contributed by atoms with van der Waals surface area (Å²) in [6.07, 6.45) is 0.318. The quantitative estimate of drug-likeness (QED) is 0.414. The Hall–Kier alpha value is -3.92. The van der Waals surface area contributed by atoms with Gasteiger partial charge in [-0.1, -0.05) is 60.7 Å². The summed E-state index contributed by atoms with van der Waals surface area (Å²) in [6, 6.07) is 29.0. The molecule has 4 rings (SSSR count). The number of anilines is 2. The van der Waals surface area contributed by atoms with Crippen LogP contribution in [-0.4, -0.2) is 18.4 Å². The summed E-state index contributed by atoms with van der Waals surface area (Å²) < 4.78 is 0. The zero-order valence-corrected chi connectivity index (χ0v) is 18.3. The number of fused-ring (bicyclic) bond motifs is 1. The fourth-order valence-corrected chi connectivity index (χ4v) is 3.91. The van der Waals surface area contributed by atoms with Crippen molar-refractivity contribution in [2.45, 2.75) is 20.3 Å². The Kier molecular flexibility index (Phi) is 6.31. The fraction of sp³-hybridized carbons (Fsp3) is 0.143. The van der Waals surface area contributed by atoms with Gasteiger partial charge in [0.2, 0.25) is 5.91 Å². The van der Waals surface area contributed by atoms with Gasteiger partial charge in [0.05, 0.1) is 12.1 Å². The molecule has 0 heterocycles. The van der Waals surface area contributed by atoms with Gasteiger partial charge in [0.25, 0.3) is 5.91 Å². The molecule has 0 spiro atoms. The predicted molar refractivity (Wildman–Crippen MR) is 131 cm³/mol. The Morgan fingerprint density at radius 2 is 1.50 bits per heavy atom. The van der Waals surface area contributed by atoms with Gasteiger partial charge in [-0.05, 0) is 60.7 Å². The average molecular weight is 423 g/mol. The molecule has 0 aliphatic heterocycles. The minimum atomic E-state index is -0.0793. The Bertz CT molecular complexity index is 1260. The van der Waals surface area contributed by atoms with Gasteiger partial charge in [0, 0.05) is 23.2 Å². The van der Waals surface area contributed by atoms with E-state index >= 15 is 0 Å². The molecule has 32 heavy (non-hydrogen) atoms. The van der Waals surface area contributed by atoms with Crippen molar-refractivity contribution in [2.75, 3.05) is 16.8 Å². The van der Waals surface area contributed by atoms with Gasteiger partial charge in [-0.2, -0.15) is 0 Å². The molecular formula is C28H26N2O2. The molecule has 4 heteroatoms. The van der Waals surface area contributed by atoms with E-state index in [2.05, 4.69) is 5.32 Å². The van der Waals surface area contributed by atoms with Crippen LogP contribution in [0.15, 0.2) is 91.0 Å². The zero-order chi connectivity index (χ0) is 22.5. The van der Waals surface area contributed by atoms with Gasteiger partial charge in [0.1, 0.15) is 0 Å². The summed E-state index contributed by atoms with van der Waals surface area (Å²) in [5, 5.41) is 5.07. The SMILES string of the molecule is CCN(C(=O)c1ccc(NC(=O)Cc2ccccc2C)cc1)c1cccc2ccccc12. The van der Waals surface area contributed by atoms with Gasteiger partial charge in [0.15, 0.2) is 0 Å². The molecule has 1 N–H and O–H groups in total. The topological polar surface area (TPSA) is 49.4 Å². The van der Waals surface area contributed by atoms with E-state index in [0.29, 0.717) is 24.2 Å². The summed E-state index contributed by atoms with van der Waals surface area (Å²) >= 11 is 0. The van der Waals surface area contributed by atoms with E-state index < -0.39 is 0 Å². The molecule has 0 aromatic heterocycles. The van der Waals surface area contributed by atoms with Crippen molar-refractivity contribution >= 4 is 34.0 Å². The van der Waals surface area contributed by atoms with Gasteiger partial charge in [-0.25, -0.2) is 0 Å². The summed E-state index contributed by atoms with van der Waals surface area (Å²) in [7, 11) is 0. The lowest BCUT2D eigenvalue weighted by atomic mass is 10.1. The fourth-order valence-electron chi connectivity index (χ4n) is 3.91.